The van der Waals surface area contributed by atoms with Crippen molar-refractivity contribution in [2.45, 2.75) is 18.9 Å². The smallest absolute Gasteiger partial charge is 0.308 e. The number of benzene rings is 2. The molecule has 0 aromatic heterocycles. The molecule has 0 spiro atoms. The first kappa shape index (κ1) is 14.8. The fraction of sp³-hybridized carbons (Fsp3) is 0.316. The van der Waals surface area contributed by atoms with Gasteiger partial charge in [-0.05, 0) is 11.1 Å². The summed E-state index contributed by atoms with van der Waals surface area (Å²) in [6.45, 7) is 4.23. The highest BCUT2D eigenvalue weighted by Gasteiger charge is 2.47. The highest BCUT2D eigenvalue weighted by Crippen LogP contribution is 2.39. The summed E-state index contributed by atoms with van der Waals surface area (Å²) in [4.78, 5) is 14.0. The number of carboxylic acid groups (broad SMARTS) is 1. The molecule has 0 amide bonds. The van der Waals surface area contributed by atoms with E-state index in [-0.39, 0.29) is 11.3 Å². The fourth-order valence-electron chi connectivity index (χ4n) is 3.52. The lowest BCUT2D eigenvalue weighted by Crippen LogP contribution is -2.36. The topological polar surface area (TPSA) is 40.5 Å². The number of rotatable bonds is 4. The molecule has 3 nitrogen and oxygen atoms in total. The number of likely N-dealkylation sites (tertiary alicyclic amines) is 1. The van der Waals surface area contributed by atoms with Gasteiger partial charge in [0.05, 0.1) is 5.92 Å². The van der Waals surface area contributed by atoms with Crippen LogP contribution in [-0.2, 0) is 16.8 Å². The van der Waals surface area contributed by atoms with Gasteiger partial charge in [0.25, 0.3) is 0 Å². The maximum Gasteiger partial charge on any atom is 0.308 e. The molecule has 0 aliphatic carbocycles. The molecule has 114 valence electrons. The van der Waals surface area contributed by atoms with Gasteiger partial charge < -0.3 is 5.11 Å². The first-order valence-corrected chi connectivity index (χ1v) is 7.64. The number of hydrogen-bond donors (Lipinski definition) is 1. The average molecular weight is 295 g/mol. The second kappa shape index (κ2) is 5.93. The Morgan fingerprint density at radius 3 is 2.32 bits per heavy atom. The van der Waals surface area contributed by atoms with Crippen molar-refractivity contribution >= 4 is 5.97 Å². The lowest BCUT2D eigenvalue weighted by Gasteiger charge is -2.29. The second-order valence-corrected chi connectivity index (χ2v) is 6.33. The summed E-state index contributed by atoms with van der Waals surface area (Å²) in [5, 5.41) is 9.67. The van der Waals surface area contributed by atoms with Crippen molar-refractivity contribution in [1.29, 1.82) is 0 Å². The van der Waals surface area contributed by atoms with Crippen LogP contribution in [0.15, 0.2) is 60.7 Å². The maximum atomic E-state index is 11.8. The molecule has 0 unspecified atom stereocenters. The van der Waals surface area contributed by atoms with Crippen molar-refractivity contribution < 1.29 is 9.90 Å². The largest absolute Gasteiger partial charge is 0.481 e. The lowest BCUT2D eigenvalue weighted by atomic mass is 9.74. The molecular weight excluding hydrogens is 274 g/mol. The average Bonchev–Trinajstić information content (AvgIpc) is 2.87. The predicted octanol–water partition coefficient (Wildman–Crippen LogP) is 3.16. The molecule has 1 aliphatic rings. The highest BCUT2D eigenvalue weighted by atomic mass is 16.4. The molecule has 1 saturated heterocycles. The summed E-state index contributed by atoms with van der Waals surface area (Å²) in [7, 11) is 0. The van der Waals surface area contributed by atoms with Crippen LogP contribution in [-0.4, -0.2) is 29.1 Å². The van der Waals surface area contributed by atoms with Gasteiger partial charge >= 0.3 is 5.97 Å². The number of aliphatic carboxylic acids is 1. The van der Waals surface area contributed by atoms with Crippen LogP contribution in [0.5, 0.6) is 0 Å². The van der Waals surface area contributed by atoms with Gasteiger partial charge in [-0.3, -0.25) is 9.69 Å². The first-order valence-electron chi connectivity index (χ1n) is 7.64. The third-order valence-electron chi connectivity index (χ3n) is 4.74. The monoisotopic (exact) mass is 295 g/mol. The van der Waals surface area contributed by atoms with Crippen LogP contribution in [0.1, 0.15) is 18.1 Å². The van der Waals surface area contributed by atoms with Crippen molar-refractivity contribution in [3.8, 4) is 0 Å². The Morgan fingerprint density at radius 2 is 1.73 bits per heavy atom. The zero-order valence-corrected chi connectivity index (χ0v) is 12.8. The van der Waals surface area contributed by atoms with Crippen LogP contribution >= 0.6 is 0 Å². The minimum atomic E-state index is -0.707. The van der Waals surface area contributed by atoms with Gasteiger partial charge in [0, 0.05) is 25.0 Å². The van der Waals surface area contributed by atoms with Gasteiger partial charge in [-0.15, -0.1) is 0 Å². The molecule has 3 heteroatoms. The third-order valence-corrected chi connectivity index (χ3v) is 4.74. The van der Waals surface area contributed by atoms with Gasteiger partial charge in [0.15, 0.2) is 0 Å². The number of carboxylic acids is 1. The summed E-state index contributed by atoms with van der Waals surface area (Å²) >= 11 is 0. The Balaban J connectivity index is 1.85. The maximum absolute atomic E-state index is 11.8. The molecule has 1 aliphatic heterocycles. The Bertz CT molecular complexity index is 641. The van der Waals surface area contributed by atoms with E-state index in [1.54, 1.807) is 0 Å². The van der Waals surface area contributed by atoms with Crippen LogP contribution in [0.2, 0.25) is 0 Å². The van der Waals surface area contributed by atoms with Crippen LogP contribution < -0.4 is 0 Å². The van der Waals surface area contributed by atoms with Crippen LogP contribution in [0.25, 0.3) is 0 Å². The lowest BCUT2D eigenvalue weighted by molar-refractivity contribution is -0.142. The normalized spacial score (nSPS) is 25.2. The summed E-state index contributed by atoms with van der Waals surface area (Å²) < 4.78 is 0. The van der Waals surface area contributed by atoms with Crippen molar-refractivity contribution in [2.24, 2.45) is 5.92 Å². The van der Waals surface area contributed by atoms with Crippen LogP contribution in [0.3, 0.4) is 0 Å². The summed E-state index contributed by atoms with van der Waals surface area (Å²) in [6.07, 6.45) is 0. The molecule has 22 heavy (non-hydrogen) atoms. The molecule has 1 N–H and O–H groups in total. The zero-order chi connectivity index (χ0) is 15.6. The molecule has 0 radical (unpaired) electrons. The standard InChI is InChI=1S/C19H21NO2/c1-19(16-10-6-3-7-11-16)14-20(13-17(19)18(21)22)12-15-8-4-2-5-9-15/h2-11,17H,12-14H2,1H3,(H,21,22)/t17-,19-/m1/s1. The number of hydrogen-bond acceptors (Lipinski definition) is 2. The van der Waals surface area contributed by atoms with Gasteiger partial charge in [-0.1, -0.05) is 67.6 Å². The SMILES string of the molecule is C[C@]1(c2ccccc2)CN(Cc2ccccc2)C[C@@H]1C(=O)O. The molecule has 3 rings (SSSR count). The predicted molar refractivity (Wildman–Crippen MR) is 86.6 cm³/mol. The molecule has 2 aromatic rings. The van der Waals surface area contributed by atoms with Crippen molar-refractivity contribution in [3.05, 3.63) is 71.8 Å². The van der Waals surface area contributed by atoms with E-state index < -0.39 is 5.97 Å². The minimum absolute atomic E-state index is 0.345. The Kier molecular flexibility index (Phi) is 3.99. The second-order valence-electron chi connectivity index (χ2n) is 6.33. The van der Waals surface area contributed by atoms with Crippen molar-refractivity contribution in [1.82, 2.24) is 4.90 Å². The van der Waals surface area contributed by atoms with E-state index in [9.17, 15) is 9.90 Å². The van der Waals surface area contributed by atoms with E-state index in [2.05, 4.69) is 24.0 Å². The Morgan fingerprint density at radius 1 is 1.14 bits per heavy atom. The van der Waals surface area contributed by atoms with Crippen LogP contribution in [0, 0.1) is 5.92 Å². The van der Waals surface area contributed by atoms with Gasteiger partial charge in [0.1, 0.15) is 0 Å². The molecule has 0 saturated carbocycles. The third kappa shape index (κ3) is 2.77. The fourth-order valence-corrected chi connectivity index (χ4v) is 3.52. The molecule has 2 aromatic carbocycles. The molecule has 1 heterocycles. The van der Waals surface area contributed by atoms with E-state index >= 15 is 0 Å². The zero-order valence-electron chi connectivity index (χ0n) is 12.8. The van der Waals surface area contributed by atoms with Gasteiger partial charge in [0.2, 0.25) is 0 Å². The summed E-state index contributed by atoms with van der Waals surface area (Å²) in [6, 6.07) is 20.3. The minimum Gasteiger partial charge on any atom is -0.481 e. The summed E-state index contributed by atoms with van der Waals surface area (Å²) in [5.74, 6) is -1.08. The van der Waals surface area contributed by atoms with E-state index in [0.717, 1.165) is 18.7 Å². The van der Waals surface area contributed by atoms with Crippen molar-refractivity contribution in [2.75, 3.05) is 13.1 Å². The van der Waals surface area contributed by atoms with Crippen molar-refractivity contribution in [3.63, 3.8) is 0 Å². The number of nitrogens with zero attached hydrogens (tertiary/aromatic N) is 1. The molecule has 0 bridgehead atoms. The highest BCUT2D eigenvalue weighted by molar-refractivity contribution is 5.73. The number of carbonyl (C=O) groups is 1. The summed E-state index contributed by atoms with van der Waals surface area (Å²) in [5.41, 5.74) is 1.99. The van der Waals surface area contributed by atoms with Gasteiger partial charge in [-0.25, -0.2) is 0 Å². The molecular formula is C19H21NO2. The van der Waals surface area contributed by atoms with E-state index in [1.807, 2.05) is 48.5 Å². The molecule has 2 atom stereocenters. The Labute approximate surface area is 131 Å². The van der Waals surface area contributed by atoms with E-state index in [1.165, 1.54) is 5.56 Å². The van der Waals surface area contributed by atoms with E-state index in [4.69, 9.17) is 0 Å². The van der Waals surface area contributed by atoms with E-state index in [0.29, 0.717) is 6.54 Å². The first-order chi connectivity index (χ1) is 10.6. The molecule has 1 fully saturated rings. The van der Waals surface area contributed by atoms with Gasteiger partial charge in [-0.2, -0.15) is 0 Å². The quantitative estimate of drug-likeness (QED) is 0.942. The van der Waals surface area contributed by atoms with Crippen LogP contribution in [0.4, 0.5) is 0 Å². The Hall–Kier alpha value is -2.13.